The highest BCUT2D eigenvalue weighted by molar-refractivity contribution is 8.19. The fourth-order valence-electron chi connectivity index (χ4n) is 1.90. The van der Waals surface area contributed by atoms with E-state index in [0.717, 1.165) is 5.56 Å². The number of amides is 1. The van der Waals surface area contributed by atoms with E-state index >= 15 is 0 Å². The Morgan fingerprint density at radius 1 is 1.37 bits per heavy atom. The second-order valence-corrected chi connectivity index (χ2v) is 7.42. The minimum Gasteiger partial charge on any atom is -0.338 e. The van der Waals surface area contributed by atoms with Crippen LogP contribution in [0.1, 0.15) is 27.4 Å². The van der Waals surface area contributed by atoms with E-state index in [1.807, 2.05) is 42.6 Å². The molecule has 1 aliphatic heterocycles. The van der Waals surface area contributed by atoms with Gasteiger partial charge < -0.3 is 10.6 Å². The summed E-state index contributed by atoms with van der Waals surface area (Å²) in [4.78, 5) is 13.9. The van der Waals surface area contributed by atoms with Gasteiger partial charge in [0.15, 0.2) is 0 Å². The van der Waals surface area contributed by atoms with E-state index in [2.05, 4.69) is 12.1 Å². The van der Waals surface area contributed by atoms with Crippen LogP contribution in [0.3, 0.4) is 0 Å². The van der Waals surface area contributed by atoms with Gasteiger partial charge >= 0.3 is 0 Å². The zero-order valence-corrected chi connectivity index (χ0v) is 13.0. The van der Waals surface area contributed by atoms with Crippen molar-refractivity contribution in [2.45, 2.75) is 17.5 Å². The molecule has 2 N–H and O–H groups in total. The second kappa shape index (κ2) is 6.68. The summed E-state index contributed by atoms with van der Waals surface area (Å²) in [5, 5.41) is 0. The third-order valence-corrected chi connectivity index (χ3v) is 6.48. The van der Waals surface area contributed by atoms with E-state index < -0.39 is 0 Å². The molecule has 0 spiro atoms. The lowest BCUT2D eigenvalue weighted by atomic mass is 10.1. The van der Waals surface area contributed by atoms with Crippen LogP contribution in [-0.4, -0.2) is 41.9 Å². The van der Waals surface area contributed by atoms with Crippen LogP contribution in [0, 0.1) is 0 Å². The highest BCUT2D eigenvalue weighted by Gasteiger charge is 2.20. The molecule has 1 aromatic carbocycles. The van der Waals surface area contributed by atoms with Crippen molar-refractivity contribution >= 4 is 29.4 Å². The Morgan fingerprint density at radius 2 is 1.95 bits per heavy atom. The maximum Gasteiger partial charge on any atom is 0.253 e. The van der Waals surface area contributed by atoms with Gasteiger partial charge in [0.1, 0.15) is 0 Å². The summed E-state index contributed by atoms with van der Waals surface area (Å²) in [5.41, 5.74) is 7.64. The first kappa shape index (κ1) is 14.8. The molecule has 3 nitrogen and oxygen atoms in total. The molecule has 1 fully saturated rings. The minimum atomic E-state index is 0.0382. The van der Waals surface area contributed by atoms with Gasteiger partial charge in [0.2, 0.25) is 0 Å². The maximum absolute atomic E-state index is 12.2. The summed E-state index contributed by atoms with van der Waals surface area (Å²) in [7, 11) is 1.80. The monoisotopic (exact) mass is 296 g/mol. The van der Waals surface area contributed by atoms with E-state index in [-0.39, 0.29) is 11.9 Å². The third kappa shape index (κ3) is 3.46. The highest BCUT2D eigenvalue weighted by atomic mass is 32.2. The molecule has 5 heteroatoms. The lowest BCUT2D eigenvalue weighted by Crippen LogP contribution is -2.39. The summed E-state index contributed by atoms with van der Waals surface area (Å²) in [6.45, 7) is 2.44. The molecule has 1 saturated heterocycles. The Balaban J connectivity index is 2.07. The molecule has 0 bridgehead atoms. The van der Waals surface area contributed by atoms with Crippen LogP contribution < -0.4 is 5.73 Å². The van der Waals surface area contributed by atoms with E-state index in [1.165, 1.54) is 17.1 Å². The fourth-order valence-corrected chi connectivity index (χ4v) is 4.75. The standard InChI is InChI=1S/C14H20N2OS2/c1-10(9-15)16(2)13(17)11-3-5-12(6-4-11)14-18-7-8-19-14/h3-6,10,14H,7-9,15H2,1-2H3. The molecule has 2 rings (SSSR count). The van der Waals surface area contributed by atoms with Gasteiger partial charge in [-0.3, -0.25) is 4.79 Å². The number of thioether (sulfide) groups is 2. The van der Waals surface area contributed by atoms with Gasteiger partial charge in [-0.15, -0.1) is 23.5 Å². The van der Waals surface area contributed by atoms with Gasteiger partial charge in [-0.25, -0.2) is 0 Å². The quantitative estimate of drug-likeness (QED) is 0.927. The smallest absolute Gasteiger partial charge is 0.253 e. The molecule has 1 heterocycles. The first-order chi connectivity index (χ1) is 9.13. The molecule has 19 heavy (non-hydrogen) atoms. The van der Waals surface area contributed by atoms with Crippen LogP contribution in [0.4, 0.5) is 0 Å². The Bertz CT molecular complexity index is 430. The van der Waals surface area contributed by atoms with Crippen LogP contribution in [0.5, 0.6) is 0 Å². The van der Waals surface area contributed by atoms with Crippen molar-refractivity contribution in [3.63, 3.8) is 0 Å². The van der Waals surface area contributed by atoms with Crippen molar-refractivity contribution in [1.82, 2.24) is 4.90 Å². The molecule has 1 aliphatic rings. The topological polar surface area (TPSA) is 46.3 Å². The van der Waals surface area contributed by atoms with E-state index in [9.17, 15) is 4.79 Å². The Hall–Kier alpha value is -0.650. The number of nitrogens with two attached hydrogens (primary N) is 1. The predicted octanol–water partition coefficient (Wildman–Crippen LogP) is 2.58. The van der Waals surface area contributed by atoms with Gasteiger partial charge in [-0.2, -0.15) is 0 Å². The average Bonchev–Trinajstić information content (AvgIpc) is 2.99. The van der Waals surface area contributed by atoms with Gasteiger partial charge in [-0.1, -0.05) is 12.1 Å². The Morgan fingerprint density at radius 3 is 2.47 bits per heavy atom. The molecule has 104 valence electrons. The van der Waals surface area contributed by atoms with E-state index in [1.54, 1.807) is 11.9 Å². The van der Waals surface area contributed by atoms with Crippen molar-refractivity contribution in [1.29, 1.82) is 0 Å². The highest BCUT2D eigenvalue weighted by Crippen LogP contribution is 2.45. The number of likely N-dealkylation sites (N-methyl/N-ethyl adjacent to an activating group) is 1. The summed E-state index contributed by atoms with van der Waals surface area (Å²) in [6, 6.07) is 8.07. The van der Waals surface area contributed by atoms with E-state index in [0.29, 0.717) is 11.1 Å². The van der Waals surface area contributed by atoms with Crippen molar-refractivity contribution in [3.8, 4) is 0 Å². The maximum atomic E-state index is 12.2. The van der Waals surface area contributed by atoms with Crippen LogP contribution in [-0.2, 0) is 0 Å². The normalized spacial score (nSPS) is 17.4. The first-order valence-corrected chi connectivity index (χ1v) is 8.53. The molecule has 0 aliphatic carbocycles. The lowest BCUT2D eigenvalue weighted by molar-refractivity contribution is 0.0748. The largest absolute Gasteiger partial charge is 0.338 e. The fraction of sp³-hybridized carbons (Fsp3) is 0.500. The number of hydrogen-bond acceptors (Lipinski definition) is 4. The van der Waals surface area contributed by atoms with Crippen molar-refractivity contribution in [3.05, 3.63) is 35.4 Å². The lowest BCUT2D eigenvalue weighted by Gasteiger charge is -2.23. The van der Waals surface area contributed by atoms with Gasteiger partial charge in [0, 0.05) is 36.7 Å². The Kier molecular flexibility index (Phi) is 5.19. The van der Waals surface area contributed by atoms with Gasteiger partial charge in [-0.05, 0) is 24.6 Å². The van der Waals surface area contributed by atoms with Crippen molar-refractivity contribution in [2.75, 3.05) is 25.1 Å². The molecule has 0 radical (unpaired) electrons. The van der Waals surface area contributed by atoms with Crippen molar-refractivity contribution < 1.29 is 4.79 Å². The van der Waals surface area contributed by atoms with Gasteiger partial charge in [0.05, 0.1) is 4.58 Å². The number of carbonyl (C=O) groups excluding carboxylic acids is 1. The first-order valence-electron chi connectivity index (χ1n) is 6.44. The van der Waals surface area contributed by atoms with Gasteiger partial charge in [0.25, 0.3) is 5.91 Å². The molecule has 1 amide bonds. The van der Waals surface area contributed by atoms with Crippen LogP contribution in [0.2, 0.25) is 0 Å². The van der Waals surface area contributed by atoms with Crippen LogP contribution in [0.25, 0.3) is 0 Å². The average molecular weight is 296 g/mol. The van der Waals surface area contributed by atoms with E-state index in [4.69, 9.17) is 5.73 Å². The summed E-state index contributed by atoms with van der Waals surface area (Å²) >= 11 is 3.95. The van der Waals surface area contributed by atoms with Crippen LogP contribution >= 0.6 is 23.5 Å². The molecule has 0 aromatic heterocycles. The predicted molar refractivity (Wildman–Crippen MR) is 84.7 cm³/mol. The summed E-state index contributed by atoms with van der Waals surface area (Å²) in [5.74, 6) is 2.47. The second-order valence-electron chi connectivity index (χ2n) is 4.70. The molecule has 1 aromatic rings. The molecule has 1 unspecified atom stereocenters. The zero-order chi connectivity index (χ0) is 13.8. The number of benzene rings is 1. The van der Waals surface area contributed by atoms with Crippen LogP contribution in [0.15, 0.2) is 24.3 Å². The minimum absolute atomic E-state index is 0.0382. The molecule has 1 atom stereocenters. The molecular formula is C14H20N2OS2. The zero-order valence-electron chi connectivity index (χ0n) is 11.3. The van der Waals surface area contributed by atoms with Crippen molar-refractivity contribution in [2.24, 2.45) is 5.73 Å². The number of carbonyl (C=O) groups is 1. The SMILES string of the molecule is CC(CN)N(C)C(=O)c1ccc(C2SCCS2)cc1. The number of nitrogens with zero attached hydrogens (tertiary/aromatic N) is 1. The summed E-state index contributed by atoms with van der Waals surface area (Å²) < 4.78 is 0.532. The molecule has 0 saturated carbocycles. The Labute approximate surface area is 123 Å². The summed E-state index contributed by atoms with van der Waals surface area (Å²) in [6.07, 6.45) is 0. The molecular weight excluding hydrogens is 276 g/mol. The number of rotatable bonds is 4. The number of hydrogen-bond donors (Lipinski definition) is 1. The third-order valence-electron chi connectivity index (χ3n) is 3.37.